The summed E-state index contributed by atoms with van der Waals surface area (Å²) >= 11 is 0. The van der Waals surface area contributed by atoms with Crippen LogP contribution >= 0.6 is 0 Å². The third-order valence-corrected chi connectivity index (χ3v) is 15.6. The Morgan fingerprint density at radius 2 is 1.05 bits per heavy atom. The van der Waals surface area contributed by atoms with Crippen LogP contribution in [0.3, 0.4) is 0 Å². The van der Waals surface area contributed by atoms with Crippen molar-refractivity contribution >= 4 is 21.8 Å². The first-order chi connectivity index (χ1) is 32.5. The summed E-state index contributed by atoms with van der Waals surface area (Å²) in [5.41, 5.74) is 6.48. The largest absolute Gasteiger partial charge is 0.497 e. The minimum Gasteiger partial charge on any atom is -0.497 e. The minimum absolute atomic E-state index is 0.106. The summed E-state index contributed by atoms with van der Waals surface area (Å²) in [4.78, 5) is 26.0. The van der Waals surface area contributed by atoms with Crippen LogP contribution < -0.4 is 18.9 Å². The Labute approximate surface area is 388 Å². The Kier molecular flexibility index (Phi) is 11.8. The van der Waals surface area contributed by atoms with E-state index in [0.717, 1.165) is 100 Å². The van der Waals surface area contributed by atoms with Crippen LogP contribution in [-0.4, -0.2) is 82.2 Å². The molecule has 4 bridgehead atoms. The van der Waals surface area contributed by atoms with Gasteiger partial charge in [-0.1, -0.05) is 87.4 Å². The molecule has 0 amide bonds. The standard InChI is InChI=1S/C56H60N6O4/c1-5-35-33-61-27-23-39(35)29-49(61)52(43-21-25-57-47-19-17-41(63-3)31-45(43)47)65-55-51(37-13-9-7-10-14-37)56(60-54(59-55)38-15-11-8-12-16-38)66-53(50-30-40-24-28-62(50)34-36(40)6-2)44-22-26-58-48-20-18-42(64-4)32-46(44)48/h7-22,25-26,31-32,35-36,39-40,49-50,52-53H,5-6,23-24,27-30,33-34H2,1-4H3/t35-,36-,39-,40-,49+,50+,52?,53?/m0/s1. The molecule has 9 heterocycles. The summed E-state index contributed by atoms with van der Waals surface area (Å²) in [6.07, 6.45) is 9.90. The topological polar surface area (TPSA) is 95.0 Å². The number of rotatable bonds is 14. The molecule has 0 spiro atoms. The minimum atomic E-state index is -0.393. The van der Waals surface area contributed by atoms with Crippen LogP contribution in [0, 0.1) is 23.7 Å². The summed E-state index contributed by atoms with van der Waals surface area (Å²) < 4.78 is 27.2. The van der Waals surface area contributed by atoms with E-state index < -0.39 is 12.2 Å². The highest BCUT2D eigenvalue weighted by molar-refractivity contribution is 5.85. The second-order valence-electron chi connectivity index (χ2n) is 18.9. The number of piperidine rings is 6. The van der Waals surface area contributed by atoms with E-state index in [4.69, 9.17) is 38.9 Å². The average molecular weight is 881 g/mol. The second-order valence-corrected chi connectivity index (χ2v) is 18.9. The highest BCUT2D eigenvalue weighted by atomic mass is 16.5. The van der Waals surface area contributed by atoms with Crippen molar-refractivity contribution < 1.29 is 18.9 Å². The fourth-order valence-corrected chi connectivity index (χ4v) is 12.1. The third-order valence-electron chi connectivity index (χ3n) is 15.6. The predicted molar refractivity (Wildman–Crippen MR) is 260 cm³/mol. The Bertz CT molecular complexity index is 2680. The summed E-state index contributed by atoms with van der Waals surface area (Å²) in [5.74, 6) is 5.70. The average Bonchev–Trinajstić information content (AvgIpc) is 3.39. The predicted octanol–water partition coefficient (Wildman–Crippen LogP) is 11.4. The van der Waals surface area contributed by atoms with E-state index in [-0.39, 0.29) is 12.1 Å². The fourth-order valence-electron chi connectivity index (χ4n) is 12.1. The Hall–Kier alpha value is -6.10. The van der Waals surface area contributed by atoms with Crippen LogP contribution in [0.25, 0.3) is 44.3 Å². The summed E-state index contributed by atoms with van der Waals surface area (Å²) in [6.45, 7) is 8.88. The van der Waals surface area contributed by atoms with Gasteiger partial charge in [0, 0.05) is 52.9 Å². The molecule has 66 heavy (non-hydrogen) atoms. The first kappa shape index (κ1) is 42.5. The molecule has 4 unspecified atom stereocenters. The van der Waals surface area contributed by atoms with Gasteiger partial charge in [0.15, 0.2) is 5.82 Å². The molecular formula is C56H60N6O4. The maximum Gasteiger partial charge on any atom is 0.229 e. The molecule has 6 saturated heterocycles. The van der Waals surface area contributed by atoms with Gasteiger partial charge in [-0.05, 0) is 117 Å². The molecular weight excluding hydrogens is 821 g/mol. The van der Waals surface area contributed by atoms with E-state index in [2.05, 4.69) is 90.4 Å². The summed E-state index contributed by atoms with van der Waals surface area (Å²) in [6, 6.07) is 37.4. The first-order valence-electron chi connectivity index (χ1n) is 24.2. The lowest BCUT2D eigenvalue weighted by Gasteiger charge is -2.52. The number of fused-ring (bicyclic) bond motifs is 8. The number of hydrogen-bond donors (Lipinski definition) is 0. The molecule has 10 atom stereocenters. The van der Waals surface area contributed by atoms with Crippen LogP contribution in [0.5, 0.6) is 23.3 Å². The lowest BCUT2D eigenvalue weighted by atomic mass is 9.72. The molecule has 0 saturated carbocycles. The van der Waals surface area contributed by atoms with Gasteiger partial charge in [-0.3, -0.25) is 19.8 Å². The number of hydrogen-bond acceptors (Lipinski definition) is 10. The van der Waals surface area contributed by atoms with E-state index in [1.54, 1.807) is 14.2 Å². The lowest BCUT2D eigenvalue weighted by Crippen LogP contribution is -2.56. The zero-order valence-corrected chi connectivity index (χ0v) is 38.6. The maximum atomic E-state index is 7.76. The van der Waals surface area contributed by atoms with E-state index in [9.17, 15) is 0 Å². The second kappa shape index (κ2) is 18.3. The van der Waals surface area contributed by atoms with Gasteiger partial charge in [-0.25, -0.2) is 0 Å². The Morgan fingerprint density at radius 3 is 1.47 bits per heavy atom. The molecule has 6 aliphatic rings. The fraction of sp³-hybridized carbons (Fsp3) is 0.393. The zero-order valence-electron chi connectivity index (χ0n) is 38.6. The van der Waals surface area contributed by atoms with Gasteiger partial charge < -0.3 is 18.9 Å². The molecule has 10 nitrogen and oxygen atoms in total. The normalized spacial score (nSPS) is 25.4. The lowest BCUT2D eigenvalue weighted by molar-refractivity contribution is -0.0510. The van der Waals surface area contributed by atoms with Gasteiger partial charge in [0.2, 0.25) is 11.8 Å². The molecule has 0 aliphatic carbocycles. The Balaban J connectivity index is 1.13. The molecule has 0 N–H and O–H groups in total. The van der Waals surface area contributed by atoms with Crippen molar-refractivity contribution in [2.24, 2.45) is 23.7 Å². The molecule has 4 aromatic carbocycles. The molecule has 338 valence electrons. The van der Waals surface area contributed by atoms with Crippen molar-refractivity contribution in [3.8, 4) is 45.8 Å². The van der Waals surface area contributed by atoms with Gasteiger partial charge in [0.25, 0.3) is 0 Å². The summed E-state index contributed by atoms with van der Waals surface area (Å²) in [7, 11) is 3.44. The number of nitrogens with zero attached hydrogens (tertiary/aromatic N) is 6. The molecule has 6 fully saturated rings. The quantitative estimate of drug-likeness (QED) is 0.105. The van der Waals surface area contributed by atoms with Crippen LogP contribution in [0.4, 0.5) is 0 Å². The van der Waals surface area contributed by atoms with Gasteiger partial charge in [0.05, 0.1) is 37.3 Å². The smallest absolute Gasteiger partial charge is 0.229 e. The van der Waals surface area contributed by atoms with Crippen LogP contribution in [-0.2, 0) is 0 Å². The van der Waals surface area contributed by atoms with Crippen molar-refractivity contribution in [2.75, 3.05) is 40.4 Å². The summed E-state index contributed by atoms with van der Waals surface area (Å²) in [5, 5.41) is 2.02. The van der Waals surface area contributed by atoms with Crippen molar-refractivity contribution in [2.45, 2.75) is 76.7 Å². The van der Waals surface area contributed by atoms with Crippen molar-refractivity contribution in [3.05, 3.63) is 133 Å². The highest BCUT2D eigenvalue weighted by Crippen LogP contribution is 2.50. The van der Waals surface area contributed by atoms with E-state index in [0.29, 0.717) is 41.3 Å². The molecule has 6 aliphatic heterocycles. The number of benzene rings is 4. The SMILES string of the molecule is CC[C@H]1CN2CC[C@H]1C[C@@H]2C(Oc1nc(-c2ccccc2)nc(OC(c2ccnc3ccc(OC)cc23)[C@H]2C[C@@H]3CCN2C[C@@H]3CC)c1-c1ccccc1)c1ccnc2ccc(OC)cc12. The van der Waals surface area contributed by atoms with Crippen molar-refractivity contribution in [1.82, 2.24) is 29.7 Å². The molecule has 10 heteroatoms. The Morgan fingerprint density at radius 1 is 0.576 bits per heavy atom. The van der Waals surface area contributed by atoms with Gasteiger partial charge in [-0.2, -0.15) is 9.97 Å². The molecule has 13 rings (SSSR count). The third kappa shape index (κ3) is 7.91. The number of pyridine rings is 2. The molecule has 3 aromatic heterocycles. The zero-order chi connectivity index (χ0) is 44.7. The monoisotopic (exact) mass is 880 g/mol. The molecule has 7 aromatic rings. The van der Waals surface area contributed by atoms with Crippen molar-refractivity contribution in [1.29, 1.82) is 0 Å². The van der Waals surface area contributed by atoms with E-state index in [1.807, 2.05) is 54.9 Å². The number of aromatic nitrogens is 4. The molecule has 0 radical (unpaired) electrons. The van der Waals surface area contributed by atoms with Crippen LogP contribution in [0.2, 0.25) is 0 Å². The van der Waals surface area contributed by atoms with Crippen LogP contribution in [0.1, 0.15) is 75.7 Å². The van der Waals surface area contributed by atoms with E-state index >= 15 is 0 Å². The van der Waals surface area contributed by atoms with Gasteiger partial charge in [-0.15, -0.1) is 0 Å². The van der Waals surface area contributed by atoms with E-state index in [1.165, 1.54) is 25.7 Å². The highest BCUT2D eigenvalue weighted by Gasteiger charge is 2.47. The van der Waals surface area contributed by atoms with Crippen LogP contribution in [0.15, 0.2) is 122 Å². The van der Waals surface area contributed by atoms with Gasteiger partial charge in [0.1, 0.15) is 29.3 Å². The first-order valence-corrected chi connectivity index (χ1v) is 24.2. The number of ether oxygens (including phenoxy) is 4. The van der Waals surface area contributed by atoms with Gasteiger partial charge >= 0.3 is 0 Å². The number of methoxy groups -OCH3 is 2. The van der Waals surface area contributed by atoms with Crippen molar-refractivity contribution in [3.63, 3.8) is 0 Å². The maximum absolute atomic E-state index is 7.76.